The zero-order valence-electron chi connectivity index (χ0n) is 11.4. The van der Waals surface area contributed by atoms with Crippen LogP contribution in [0, 0.1) is 11.3 Å². The fraction of sp³-hybridized carbons (Fsp3) is 0.667. The molecular weight excluding hydrogens is 194 g/mol. The van der Waals surface area contributed by atoms with Crippen LogP contribution in [0.1, 0.15) is 59.8 Å². The minimum absolute atomic E-state index is 0.556. The van der Waals surface area contributed by atoms with Gasteiger partial charge in [-0.25, -0.2) is 0 Å². The van der Waals surface area contributed by atoms with Gasteiger partial charge >= 0.3 is 0 Å². The third-order valence-corrected chi connectivity index (χ3v) is 3.16. The summed E-state index contributed by atoms with van der Waals surface area (Å²) in [4.78, 5) is 0. The number of rotatable bonds is 8. The molecule has 0 heterocycles. The SMILES string of the molecule is C=CCCC(CCC)C(C(C)=N)=C(C)CC. The van der Waals surface area contributed by atoms with Gasteiger partial charge in [0.05, 0.1) is 0 Å². The van der Waals surface area contributed by atoms with Gasteiger partial charge in [-0.05, 0) is 51.0 Å². The molecule has 1 unspecified atom stereocenters. The molecule has 0 aliphatic heterocycles. The summed E-state index contributed by atoms with van der Waals surface area (Å²) in [5.41, 5.74) is 3.43. The van der Waals surface area contributed by atoms with Crippen molar-refractivity contribution in [1.29, 1.82) is 5.41 Å². The van der Waals surface area contributed by atoms with E-state index in [1.807, 2.05) is 13.0 Å². The van der Waals surface area contributed by atoms with Gasteiger partial charge in [0.2, 0.25) is 0 Å². The second kappa shape index (κ2) is 8.32. The molecule has 1 heteroatoms. The minimum Gasteiger partial charge on any atom is -0.305 e. The maximum absolute atomic E-state index is 7.95. The van der Waals surface area contributed by atoms with Crippen molar-refractivity contribution in [1.82, 2.24) is 0 Å². The number of hydrogen-bond donors (Lipinski definition) is 1. The summed E-state index contributed by atoms with van der Waals surface area (Å²) < 4.78 is 0. The molecule has 16 heavy (non-hydrogen) atoms. The van der Waals surface area contributed by atoms with E-state index in [2.05, 4.69) is 27.4 Å². The fourth-order valence-corrected chi connectivity index (χ4v) is 2.27. The topological polar surface area (TPSA) is 23.9 Å². The van der Waals surface area contributed by atoms with Crippen molar-refractivity contribution < 1.29 is 0 Å². The van der Waals surface area contributed by atoms with Crippen LogP contribution in [0.5, 0.6) is 0 Å². The van der Waals surface area contributed by atoms with E-state index in [4.69, 9.17) is 5.41 Å². The quantitative estimate of drug-likeness (QED) is 0.434. The minimum atomic E-state index is 0.556. The van der Waals surface area contributed by atoms with Crippen LogP contribution in [-0.4, -0.2) is 5.71 Å². The second-order valence-corrected chi connectivity index (χ2v) is 4.52. The molecule has 1 atom stereocenters. The van der Waals surface area contributed by atoms with Crippen LogP contribution in [0.4, 0.5) is 0 Å². The molecule has 0 rings (SSSR count). The molecule has 0 aliphatic carbocycles. The lowest BCUT2D eigenvalue weighted by Gasteiger charge is -2.21. The highest BCUT2D eigenvalue weighted by Gasteiger charge is 2.16. The van der Waals surface area contributed by atoms with Crippen molar-refractivity contribution in [2.24, 2.45) is 5.92 Å². The molecule has 0 aromatic heterocycles. The van der Waals surface area contributed by atoms with Crippen LogP contribution >= 0.6 is 0 Å². The fourth-order valence-electron chi connectivity index (χ4n) is 2.27. The summed E-state index contributed by atoms with van der Waals surface area (Å²) in [5, 5.41) is 7.95. The highest BCUT2D eigenvalue weighted by Crippen LogP contribution is 2.27. The van der Waals surface area contributed by atoms with Crippen LogP contribution in [0.25, 0.3) is 0 Å². The molecule has 0 spiro atoms. The van der Waals surface area contributed by atoms with Crippen molar-refractivity contribution >= 4 is 5.71 Å². The van der Waals surface area contributed by atoms with Crippen molar-refractivity contribution in [3.05, 3.63) is 23.8 Å². The molecule has 92 valence electrons. The van der Waals surface area contributed by atoms with Gasteiger partial charge in [-0.1, -0.05) is 31.9 Å². The van der Waals surface area contributed by atoms with Gasteiger partial charge in [-0.3, -0.25) is 0 Å². The molecule has 0 radical (unpaired) electrons. The lowest BCUT2D eigenvalue weighted by molar-refractivity contribution is 0.524. The lowest BCUT2D eigenvalue weighted by atomic mass is 9.84. The molecule has 1 N–H and O–H groups in total. The largest absolute Gasteiger partial charge is 0.305 e. The van der Waals surface area contributed by atoms with Gasteiger partial charge in [0, 0.05) is 5.71 Å². The first-order chi connectivity index (χ1) is 7.58. The highest BCUT2D eigenvalue weighted by atomic mass is 14.4. The van der Waals surface area contributed by atoms with Gasteiger partial charge < -0.3 is 5.41 Å². The number of hydrogen-bond acceptors (Lipinski definition) is 1. The molecule has 0 fully saturated rings. The average Bonchev–Trinajstić information content (AvgIpc) is 2.25. The van der Waals surface area contributed by atoms with Crippen LogP contribution in [0.15, 0.2) is 23.8 Å². The predicted molar refractivity (Wildman–Crippen MR) is 74.2 cm³/mol. The van der Waals surface area contributed by atoms with Gasteiger partial charge in [0.25, 0.3) is 0 Å². The van der Waals surface area contributed by atoms with E-state index >= 15 is 0 Å². The zero-order chi connectivity index (χ0) is 12.6. The first-order valence-electron chi connectivity index (χ1n) is 6.44. The van der Waals surface area contributed by atoms with Crippen LogP contribution < -0.4 is 0 Å². The molecule has 0 saturated heterocycles. The molecule has 1 nitrogen and oxygen atoms in total. The Labute approximate surface area is 101 Å². The van der Waals surface area contributed by atoms with Gasteiger partial charge in [-0.15, -0.1) is 6.58 Å². The van der Waals surface area contributed by atoms with Crippen LogP contribution in [0.3, 0.4) is 0 Å². The summed E-state index contributed by atoms with van der Waals surface area (Å²) in [6.07, 6.45) is 7.62. The number of allylic oxidation sites excluding steroid dienone is 3. The molecular formula is C15H27N. The Morgan fingerprint density at radius 3 is 2.25 bits per heavy atom. The normalized spacial score (nSPS) is 14.2. The lowest BCUT2D eigenvalue weighted by Crippen LogP contribution is -2.12. The number of nitrogens with one attached hydrogen (secondary N) is 1. The Kier molecular flexibility index (Phi) is 7.88. The third-order valence-electron chi connectivity index (χ3n) is 3.16. The molecule has 0 aromatic carbocycles. The standard InChI is InChI=1S/C15H27N/c1-6-9-11-14(10-7-2)15(13(5)16)12(4)8-3/h6,14,16H,1,7-11H2,2-5H3. The van der Waals surface area contributed by atoms with Crippen LogP contribution in [0.2, 0.25) is 0 Å². The Hall–Kier alpha value is -0.850. The molecule has 0 saturated carbocycles. The predicted octanol–water partition coefficient (Wildman–Crippen LogP) is 5.14. The zero-order valence-corrected chi connectivity index (χ0v) is 11.4. The maximum Gasteiger partial charge on any atom is 0.0317 e. The first-order valence-corrected chi connectivity index (χ1v) is 6.44. The van der Waals surface area contributed by atoms with Crippen LogP contribution in [-0.2, 0) is 0 Å². The highest BCUT2D eigenvalue weighted by molar-refractivity contribution is 5.96. The van der Waals surface area contributed by atoms with E-state index in [-0.39, 0.29) is 0 Å². The van der Waals surface area contributed by atoms with E-state index in [0.29, 0.717) is 5.92 Å². The summed E-state index contributed by atoms with van der Waals surface area (Å²) in [6, 6.07) is 0. The molecule has 0 aromatic rings. The van der Waals surface area contributed by atoms with Crippen molar-refractivity contribution in [2.45, 2.75) is 59.8 Å². The molecule has 0 bridgehead atoms. The van der Waals surface area contributed by atoms with E-state index in [1.54, 1.807) is 0 Å². The van der Waals surface area contributed by atoms with Gasteiger partial charge in [-0.2, -0.15) is 0 Å². The van der Waals surface area contributed by atoms with Crippen molar-refractivity contribution in [2.75, 3.05) is 0 Å². The maximum atomic E-state index is 7.95. The Morgan fingerprint density at radius 1 is 1.25 bits per heavy atom. The third kappa shape index (κ3) is 4.78. The Morgan fingerprint density at radius 2 is 1.88 bits per heavy atom. The molecule has 0 amide bonds. The van der Waals surface area contributed by atoms with E-state index < -0.39 is 0 Å². The Bertz CT molecular complexity index is 261. The summed E-state index contributed by atoms with van der Waals surface area (Å²) in [6.45, 7) is 12.3. The van der Waals surface area contributed by atoms with Gasteiger partial charge in [0.1, 0.15) is 0 Å². The van der Waals surface area contributed by atoms with Crippen molar-refractivity contribution in [3.63, 3.8) is 0 Å². The van der Waals surface area contributed by atoms with Crippen molar-refractivity contribution in [3.8, 4) is 0 Å². The summed E-state index contributed by atoms with van der Waals surface area (Å²) in [7, 11) is 0. The molecule has 0 aliphatic rings. The summed E-state index contributed by atoms with van der Waals surface area (Å²) in [5.74, 6) is 0.556. The summed E-state index contributed by atoms with van der Waals surface area (Å²) >= 11 is 0. The average molecular weight is 221 g/mol. The Balaban J connectivity index is 4.94. The van der Waals surface area contributed by atoms with E-state index in [0.717, 1.165) is 25.0 Å². The second-order valence-electron chi connectivity index (χ2n) is 4.52. The van der Waals surface area contributed by atoms with E-state index in [9.17, 15) is 0 Å². The van der Waals surface area contributed by atoms with Gasteiger partial charge in [0.15, 0.2) is 0 Å². The smallest absolute Gasteiger partial charge is 0.0317 e. The monoisotopic (exact) mass is 221 g/mol. The first kappa shape index (κ1) is 15.2. The van der Waals surface area contributed by atoms with E-state index in [1.165, 1.54) is 24.0 Å².